The lowest BCUT2D eigenvalue weighted by atomic mass is 10.1. The number of aliphatic carboxylic acids is 2. The molecular formula is C23H32N2O10. The Morgan fingerprint density at radius 2 is 1.60 bits per heavy atom. The van der Waals surface area contributed by atoms with Gasteiger partial charge in [-0.25, -0.2) is 9.59 Å². The molecule has 194 valence electrons. The van der Waals surface area contributed by atoms with E-state index in [0.29, 0.717) is 30.7 Å². The predicted molar refractivity (Wildman–Crippen MR) is 129 cm³/mol. The Labute approximate surface area is 202 Å². The number of amides is 1. The van der Waals surface area contributed by atoms with Crippen molar-refractivity contribution in [3.05, 3.63) is 65.7 Å². The highest BCUT2D eigenvalue weighted by atomic mass is 16.5. The molecule has 12 heteroatoms. The molecule has 35 heavy (non-hydrogen) atoms. The van der Waals surface area contributed by atoms with Crippen LogP contribution in [0.2, 0.25) is 0 Å². The average Bonchev–Trinajstić information content (AvgIpc) is 2.78. The Morgan fingerprint density at radius 1 is 1.03 bits per heavy atom. The van der Waals surface area contributed by atoms with Gasteiger partial charge in [-0.15, -0.1) is 0 Å². The fraction of sp³-hybridized carbons (Fsp3) is 0.261. The SMILES string of the molecule is COc1ccc(C[C@@H](C)NC[C@H](O)c2ccc(O)c(NC=O)c2)cc1.O.O.O=C(O)/C=C/C(=O)O. The number of hydrogen-bond donors (Lipinski definition) is 6. The van der Waals surface area contributed by atoms with Crippen LogP contribution in [0.25, 0.3) is 0 Å². The summed E-state index contributed by atoms with van der Waals surface area (Å²) in [5.41, 5.74) is 2.07. The van der Waals surface area contributed by atoms with E-state index >= 15 is 0 Å². The molecule has 12 nitrogen and oxygen atoms in total. The largest absolute Gasteiger partial charge is 0.506 e. The van der Waals surface area contributed by atoms with Gasteiger partial charge in [0.15, 0.2) is 0 Å². The minimum absolute atomic E-state index is 0. The Kier molecular flexibility index (Phi) is 16.6. The Bertz CT molecular complexity index is 932. The standard InChI is InChI=1S/C19H24N2O4.C4H4O4.2H2O/c1-13(9-14-3-6-16(25-2)7-4-14)20-11-19(24)15-5-8-18(23)17(10-15)21-12-22;5-3(6)1-2-4(7)8;;/h3-8,10,12-13,19-20,23-24H,9,11H2,1-2H3,(H,21,22);1-2H,(H,5,6)(H,7,8);2*1H2/b;2-1+;;/t13-,19+;;;/m1.../s1. The maximum absolute atomic E-state index is 10.5. The second kappa shape index (κ2) is 17.5. The number of carboxylic acid groups (broad SMARTS) is 2. The molecule has 0 saturated carbocycles. The molecular weight excluding hydrogens is 464 g/mol. The van der Waals surface area contributed by atoms with Crippen molar-refractivity contribution in [2.75, 3.05) is 19.0 Å². The number of phenols is 1. The van der Waals surface area contributed by atoms with Gasteiger partial charge in [-0.1, -0.05) is 18.2 Å². The van der Waals surface area contributed by atoms with Crippen molar-refractivity contribution in [3.63, 3.8) is 0 Å². The molecule has 2 atom stereocenters. The van der Waals surface area contributed by atoms with Gasteiger partial charge in [-0.05, 0) is 48.7 Å². The molecule has 0 aliphatic carbocycles. The number of hydrogen-bond acceptors (Lipinski definition) is 7. The van der Waals surface area contributed by atoms with Gasteiger partial charge < -0.3 is 46.7 Å². The molecule has 0 aliphatic heterocycles. The van der Waals surface area contributed by atoms with E-state index in [2.05, 4.69) is 10.6 Å². The van der Waals surface area contributed by atoms with Gasteiger partial charge in [0, 0.05) is 24.7 Å². The number of aliphatic hydroxyl groups is 1. The molecule has 0 aromatic heterocycles. The van der Waals surface area contributed by atoms with Crippen LogP contribution in [-0.4, -0.2) is 69.4 Å². The zero-order valence-electron chi connectivity index (χ0n) is 19.3. The van der Waals surface area contributed by atoms with Crippen LogP contribution in [0.15, 0.2) is 54.6 Å². The first-order valence-corrected chi connectivity index (χ1v) is 9.87. The number of benzene rings is 2. The number of carbonyl (C=O) groups excluding carboxylic acids is 1. The first-order valence-electron chi connectivity index (χ1n) is 9.87. The number of anilines is 1. The zero-order valence-corrected chi connectivity index (χ0v) is 19.3. The summed E-state index contributed by atoms with van der Waals surface area (Å²) in [6.07, 6.45) is 1.68. The van der Waals surface area contributed by atoms with Crippen LogP contribution >= 0.6 is 0 Å². The van der Waals surface area contributed by atoms with E-state index in [9.17, 15) is 24.6 Å². The zero-order chi connectivity index (χ0) is 24.8. The van der Waals surface area contributed by atoms with Gasteiger partial charge in [0.2, 0.25) is 6.41 Å². The Hall–Kier alpha value is -3.97. The summed E-state index contributed by atoms with van der Waals surface area (Å²) in [6, 6.07) is 12.7. The maximum Gasteiger partial charge on any atom is 0.328 e. The third-order valence-electron chi connectivity index (χ3n) is 4.35. The number of rotatable bonds is 11. The number of ether oxygens (including phenoxy) is 1. The number of methoxy groups -OCH3 is 1. The van der Waals surface area contributed by atoms with E-state index in [0.717, 1.165) is 12.2 Å². The van der Waals surface area contributed by atoms with Gasteiger partial charge in [-0.2, -0.15) is 0 Å². The number of nitrogens with one attached hydrogen (secondary N) is 2. The van der Waals surface area contributed by atoms with Gasteiger partial charge in [0.1, 0.15) is 11.5 Å². The van der Waals surface area contributed by atoms with Crippen molar-refractivity contribution in [1.29, 1.82) is 0 Å². The minimum atomic E-state index is -1.26. The summed E-state index contributed by atoms with van der Waals surface area (Å²) in [5, 5.41) is 41.3. The smallest absolute Gasteiger partial charge is 0.328 e. The van der Waals surface area contributed by atoms with Crippen molar-refractivity contribution < 1.29 is 50.5 Å². The Morgan fingerprint density at radius 3 is 2.09 bits per heavy atom. The summed E-state index contributed by atoms with van der Waals surface area (Å²) < 4.78 is 5.14. The fourth-order valence-corrected chi connectivity index (χ4v) is 2.70. The molecule has 0 aliphatic rings. The third-order valence-corrected chi connectivity index (χ3v) is 4.35. The molecule has 0 fully saturated rings. The van der Waals surface area contributed by atoms with E-state index in [-0.39, 0.29) is 28.4 Å². The van der Waals surface area contributed by atoms with Crippen molar-refractivity contribution in [3.8, 4) is 11.5 Å². The summed E-state index contributed by atoms with van der Waals surface area (Å²) >= 11 is 0. The lowest BCUT2D eigenvalue weighted by Gasteiger charge is -2.18. The average molecular weight is 497 g/mol. The van der Waals surface area contributed by atoms with Gasteiger partial charge in [-0.3, -0.25) is 4.79 Å². The third kappa shape index (κ3) is 13.4. The summed E-state index contributed by atoms with van der Waals surface area (Å²) in [7, 11) is 1.64. The number of carboxylic acids is 2. The van der Waals surface area contributed by atoms with Gasteiger partial charge >= 0.3 is 11.9 Å². The molecule has 0 spiro atoms. The van der Waals surface area contributed by atoms with Crippen molar-refractivity contribution in [1.82, 2.24) is 5.32 Å². The molecule has 10 N–H and O–H groups in total. The second-order valence-corrected chi connectivity index (χ2v) is 6.93. The Balaban J connectivity index is 0. The first kappa shape index (κ1) is 33.2. The molecule has 0 radical (unpaired) electrons. The van der Waals surface area contributed by atoms with Crippen molar-refractivity contribution >= 4 is 24.0 Å². The highest BCUT2D eigenvalue weighted by molar-refractivity contribution is 5.89. The van der Waals surface area contributed by atoms with Crippen LogP contribution < -0.4 is 15.4 Å². The number of aliphatic hydroxyl groups excluding tert-OH is 1. The van der Waals surface area contributed by atoms with Crippen LogP contribution in [0.4, 0.5) is 5.69 Å². The monoisotopic (exact) mass is 496 g/mol. The van der Waals surface area contributed by atoms with E-state index in [1.54, 1.807) is 19.2 Å². The quantitative estimate of drug-likeness (QED) is 0.142. The van der Waals surface area contributed by atoms with Crippen molar-refractivity contribution in [2.45, 2.75) is 25.5 Å². The second-order valence-electron chi connectivity index (χ2n) is 6.93. The highest BCUT2D eigenvalue weighted by Gasteiger charge is 2.12. The van der Waals surface area contributed by atoms with Gasteiger partial charge in [0.25, 0.3) is 0 Å². The normalized spacial score (nSPS) is 11.5. The summed E-state index contributed by atoms with van der Waals surface area (Å²) in [4.78, 5) is 29.6. The van der Waals surface area contributed by atoms with E-state index < -0.39 is 18.0 Å². The van der Waals surface area contributed by atoms with Crippen LogP contribution in [0.3, 0.4) is 0 Å². The number of phenolic OH excluding ortho intramolecular Hbond substituents is 1. The molecule has 0 saturated heterocycles. The lowest BCUT2D eigenvalue weighted by molar-refractivity contribution is -0.134. The minimum Gasteiger partial charge on any atom is -0.506 e. The van der Waals surface area contributed by atoms with E-state index in [1.165, 1.54) is 11.6 Å². The molecule has 0 bridgehead atoms. The number of aromatic hydroxyl groups is 1. The highest BCUT2D eigenvalue weighted by Crippen LogP contribution is 2.26. The van der Waals surface area contributed by atoms with Crippen LogP contribution in [0.1, 0.15) is 24.2 Å². The molecule has 2 aromatic rings. The van der Waals surface area contributed by atoms with Crippen LogP contribution in [-0.2, 0) is 20.8 Å². The molecule has 2 rings (SSSR count). The predicted octanol–water partition coefficient (Wildman–Crippen LogP) is 0.286. The van der Waals surface area contributed by atoms with Crippen LogP contribution in [0, 0.1) is 0 Å². The molecule has 2 aromatic carbocycles. The fourth-order valence-electron chi connectivity index (χ4n) is 2.70. The van der Waals surface area contributed by atoms with Crippen molar-refractivity contribution in [2.24, 2.45) is 0 Å². The van der Waals surface area contributed by atoms with Crippen LogP contribution in [0.5, 0.6) is 11.5 Å². The summed E-state index contributed by atoms with van der Waals surface area (Å²) in [5.74, 6) is -1.73. The molecule has 1 amide bonds. The molecule has 0 heterocycles. The maximum atomic E-state index is 10.5. The molecule has 0 unspecified atom stereocenters. The summed E-state index contributed by atoms with van der Waals surface area (Å²) in [6.45, 7) is 2.41. The van der Waals surface area contributed by atoms with E-state index in [4.69, 9.17) is 14.9 Å². The lowest BCUT2D eigenvalue weighted by Crippen LogP contribution is -2.32. The van der Waals surface area contributed by atoms with E-state index in [1.807, 2.05) is 31.2 Å². The topological polar surface area (TPSA) is 228 Å². The van der Waals surface area contributed by atoms with Gasteiger partial charge in [0.05, 0.1) is 18.9 Å². The number of carbonyl (C=O) groups is 3. The first-order chi connectivity index (χ1) is 15.7.